The molecule has 13 heteroatoms. The molecule has 1 heterocycles. The van der Waals surface area contributed by atoms with Crippen LogP contribution in [-0.2, 0) is 35.6 Å². The maximum absolute atomic E-state index is 14.9. The van der Waals surface area contributed by atoms with E-state index in [-0.39, 0.29) is 62.4 Å². The molecule has 7 rings (SSSR count). The minimum atomic E-state index is -1.80. The molecule has 0 bridgehead atoms. The van der Waals surface area contributed by atoms with Crippen molar-refractivity contribution in [1.82, 2.24) is 0 Å². The standard InChI is InChI=1S/C42H38O13/c1-19-36(47)40(51)41(52)42(53-19)55-30-15-28-34(37(48)27(30)13-23-8-5-9-25(16-43)29(23)18-45)39(50)33-26(17-44)14-31(54-20(2)46)32(35(33)38(28)49)24-11-10-21-6-3-4-7-22(21)12-24/h3-9,12,14-15,18-19,36,40-44,47-48,51-52H,10-11,13,16-17H2,1-2H3/t19-,36-,40-,41-,42-/m1/s1. The monoisotopic (exact) mass is 750 g/mol. The average molecular weight is 751 g/mol. The summed E-state index contributed by atoms with van der Waals surface area (Å²) in [5, 5.41) is 64.2. The Morgan fingerprint density at radius 3 is 2.27 bits per heavy atom. The van der Waals surface area contributed by atoms with Gasteiger partial charge in [0, 0.05) is 46.7 Å². The van der Waals surface area contributed by atoms with Crippen molar-refractivity contribution in [2.75, 3.05) is 0 Å². The molecule has 55 heavy (non-hydrogen) atoms. The van der Waals surface area contributed by atoms with Gasteiger partial charge >= 0.3 is 5.97 Å². The molecule has 0 radical (unpaired) electrons. The Kier molecular flexibility index (Phi) is 10.3. The highest BCUT2D eigenvalue weighted by atomic mass is 16.7. The van der Waals surface area contributed by atoms with Crippen LogP contribution in [0.3, 0.4) is 0 Å². The number of ketones is 2. The minimum Gasteiger partial charge on any atom is -0.507 e. The summed E-state index contributed by atoms with van der Waals surface area (Å²) in [6.07, 6.45) is -4.57. The molecule has 4 aromatic carbocycles. The molecule has 3 aliphatic rings. The number of rotatable bonds is 9. The number of allylic oxidation sites excluding steroid dienone is 1. The second-order valence-electron chi connectivity index (χ2n) is 13.8. The highest BCUT2D eigenvalue weighted by molar-refractivity contribution is 6.31. The first-order valence-corrected chi connectivity index (χ1v) is 17.7. The molecule has 13 nitrogen and oxygen atoms in total. The third-order valence-electron chi connectivity index (χ3n) is 10.5. The maximum Gasteiger partial charge on any atom is 0.308 e. The first-order chi connectivity index (χ1) is 26.4. The van der Waals surface area contributed by atoms with Gasteiger partial charge < -0.3 is 44.8 Å². The van der Waals surface area contributed by atoms with Gasteiger partial charge in [-0.25, -0.2) is 0 Å². The van der Waals surface area contributed by atoms with Gasteiger partial charge in [-0.2, -0.15) is 0 Å². The van der Waals surface area contributed by atoms with Crippen molar-refractivity contribution < 1.29 is 64.0 Å². The molecule has 284 valence electrons. The zero-order valence-corrected chi connectivity index (χ0v) is 29.8. The molecule has 2 aliphatic carbocycles. The number of aromatic hydroxyl groups is 1. The van der Waals surface area contributed by atoms with E-state index in [0.717, 1.165) is 11.1 Å². The SMILES string of the molecule is CC(=O)Oc1cc(CO)c2c(c1C1=Cc3ccccc3CC1)C(=O)c1cc(O[C@H]3O[C@H](C)[C@@H](O)[C@@H](O)[C@H]3O)c(Cc3cccc(CO)c3C=O)c(O)c1C2=O. The highest BCUT2D eigenvalue weighted by Crippen LogP contribution is 2.47. The first kappa shape index (κ1) is 37.8. The topological polar surface area (TPSA) is 217 Å². The van der Waals surface area contributed by atoms with Crippen LogP contribution in [0.4, 0.5) is 0 Å². The van der Waals surface area contributed by atoms with E-state index in [1.54, 1.807) is 12.1 Å². The Balaban J connectivity index is 1.46. The van der Waals surface area contributed by atoms with Crippen molar-refractivity contribution in [3.63, 3.8) is 0 Å². The molecule has 5 atom stereocenters. The predicted octanol–water partition coefficient (Wildman–Crippen LogP) is 3.17. The molecule has 1 aliphatic heterocycles. The fourth-order valence-corrected chi connectivity index (χ4v) is 7.67. The summed E-state index contributed by atoms with van der Waals surface area (Å²) in [6, 6.07) is 14.8. The number of esters is 1. The summed E-state index contributed by atoms with van der Waals surface area (Å²) in [6.45, 7) is 1.41. The van der Waals surface area contributed by atoms with E-state index in [2.05, 4.69) is 0 Å². The van der Waals surface area contributed by atoms with E-state index in [0.29, 0.717) is 30.3 Å². The molecule has 1 fully saturated rings. The van der Waals surface area contributed by atoms with E-state index in [4.69, 9.17) is 14.2 Å². The Morgan fingerprint density at radius 1 is 0.836 bits per heavy atom. The van der Waals surface area contributed by atoms with E-state index in [1.807, 2.05) is 30.3 Å². The van der Waals surface area contributed by atoms with Gasteiger partial charge in [-0.1, -0.05) is 48.5 Å². The maximum atomic E-state index is 14.9. The zero-order valence-electron chi connectivity index (χ0n) is 29.8. The van der Waals surface area contributed by atoms with Crippen LogP contribution in [0, 0.1) is 0 Å². The van der Waals surface area contributed by atoms with Crippen LogP contribution in [0.15, 0.2) is 54.6 Å². The number of aryl methyl sites for hydroxylation is 1. The zero-order chi connectivity index (χ0) is 39.3. The minimum absolute atomic E-state index is 0.0313. The number of carbonyl (C=O) groups excluding carboxylic acids is 4. The van der Waals surface area contributed by atoms with Crippen molar-refractivity contribution in [1.29, 1.82) is 0 Å². The third-order valence-corrected chi connectivity index (χ3v) is 10.5. The molecule has 0 amide bonds. The summed E-state index contributed by atoms with van der Waals surface area (Å²) in [5.74, 6) is -3.33. The van der Waals surface area contributed by atoms with Crippen LogP contribution in [0.25, 0.3) is 11.6 Å². The lowest BCUT2D eigenvalue weighted by molar-refractivity contribution is -0.268. The third kappa shape index (κ3) is 6.54. The number of ether oxygens (including phenoxy) is 3. The average Bonchev–Trinajstić information content (AvgIpc) is 3.18. The molecule has 4 aromatic rings. The number of aliphatic hydroxyl groups is 5. The van der Waals surface area contributed by atoms with Gasteiger partial charge in [-0.15, -0.1) is 0 Å². The lowest BCUT2D eigenvalue weighted by Gasteiger charge is -2.39. The summed E-state index contributed by atoms with van der Waals surface area (Å²) >= 11 is 0. The summed E-state index contributed by atoms with van der Waals surface area (Å²) < 4.78 is 17.4. The number of benzene rings is 4. The fourth-order valence-electron chi connectivity index (χ4n) is 7.67. The number of carbonyl (C=O) groups is 4. The van der Waals surface area contributed by atoms with Crippen LogP contribution in [0.2, 0.25) is 0 Å². The molecular weight excluding hydrogens is 712 g/mol. The summed E-state index contributed by atoms with van der Waals surface area (Å²) in [7, 11) is 0. The molecule has 0 unspecified atom stereocenters. The highest BCUT2D eigenvalue weighted by Gasteiger charge is 2.45. The van der Waals surface area contributed by atoms with E-state index in [1.165, 1.54) is 32.0 Å². The van der Waals surface area contributed by atoms with E-state index < -0.39 is 72.8 Å². The molecule has 6 N–H and O–H groups in total. The number of phenolic OH excluding ortho intramolecular Hbond substituents is 1. The van der Waals surface area contributed by atoms with Gasteiger partial charge in [-0.3, -0.25) is 19.2 Å². The van der Waals surface area contributed by atoms with Crippen LogP contribution in [-0.4, -0.2) is 85.2 Å². The van der Waals surface area contributed by atoms with Crippen LogP contribution >= 0.6 is 0 Å². The van der Waals surface area contributed by atoms with Crippen molar-refractivity contribution >= 4 is 35.5 Å². The van der Waals surface area contributed by atoms with Crippen LogP contribution < -0.4 is 9.47 Å². The number of phenols is 1. The number of fused-ring (bicyclic) bond motifs is 3. The number of aldehydes is 1. The number of hydrogen-bond acceptors (Lipinski definition) is 13. The Hall–Kier alpha value is -5.54. The Bertz CT molecular complexity index is 2290. The molecule has 1 saturated heterocycles. The second kappa shape index (κ2) is 14.9. The van der Waals surface area contributed by atoms with Gasteiger partial charge in [0.15, 0.2) is 17.9 Å². The Morgan fingerprint density at radius 2 is 1.56 bits per heavy atom. The number of aliphatic hydroxyl groups excluding tert-OH is 5. The van der Waals surface area contributed by atoms with Gasteiger partial charge in [0.1, 0.15) is 35.6 Å². The van der Waals surface area contributed by atoms with Crippen LogP contribution in [0.5, 0.6) is 17.2 Å². The number of hydrogen-bond donors (Lipinski definition) is 6. The lowest BCUT2D eigenvalue weighted by atomic mass is 9.75. The Labute approximate surface area is 314 Å². The van der Waals surface area contributed by atoms with Gasteiger partial charge in [-0.05, 0) is 65.3 Å². The lowest BCUT2D eigenvalue weighted by Crippen LogP contribution is -2.58. The quantitative estimate of drug-likeness (QED) is 0.0726. The van der Waals surface area contributed by atoms with Crippen molar-refractivity contribution in [2.45, 2.75) is 77.0 Å². The van der Waals surface area contributed by atoms with Gasteiger partial charge in [0.2, 0.25) is 6.29 Å². The van der Waals surface area contributed by atoms with Crippen molar-refractivity contribution in [2.24, 2.45) is 0 Å². The molecule has 0 saturated carbocycles. The van der Waals surface area contributed by atoms with E-state index in [9.17, 15) is 49.8 Å². The molecule has 0 aromatic heterocycles. The van der Waals surface area contributed by atoms with E-state index >= 15 is 0 Å². The van der Waals surface area contributed by atoms with Crippen LogP contribution in [0.1, 0.15) is 101 Å². The smallest absolute Gasteiger partial charge is 0.308 e. The normalized spacial score (nSPS) is 21.6. The molecular formula is C42H38O13. The van der Waals surface area contributed by atoms with Crippen molar-refractivity contribution in [3.05, 3.63) is 121 Å². The van der Waals surface area contributed by atoms with Gasteiger partial charge in [0.25, 0.3) is 0 Å². The molecule has 0 spiro atoms. The largest absolute Gasteiger partial charge is 0.507 e. The first-order valence-electron chi connectivity index (χ1n) is 17.7. The predicted molar refractivity (Wildman–Crippen MR) is 195 cm³/mol. The van der Waals surface area contributed by atoms with Crippen molar-refractivity contribution in [3.8, 4) is 17.2 Å². The second-order valence-corrected chi connectivity index (χ2v) is 13.8. The summed E-state index contributed by atoms with van der Waals surface area (Å²) in [4.78, 5) is 54.3. The van der Waals surface area contributed by atoms with Gasteiger partial charge in [0.05, 0.1) is 24.9 Å². The summed E-state index contributed by atoms with van der Waals surface area (Å²) in [5.41, 5.74) is 2.10. The fraction of sp³-hybridized carbons (Fsp3) is 0.286.